The molecule has 0 aliphatic heterocycles. The first-order chi connectivity index (χ1) is 4.88. The van der Waals surface area contributed by atoms with E-state index in [1.54, 1.807) is 6.92 Å². The van der Waals surface area contributed by atoms with Gasteiger partial charge in [0, 0.05) is 6.61 Å². The molecule has 0 aromatic heterocycles. The first-order valence-corrected chi connectivity index (χ1v) is 2.12. The fourth-order valence-corrected chi connectivity index (χ4v) is 0. The Labute approximate surface area is 80.5 Å². The van der Waals surface area contributed by atoms with E-state index < -0.39 is 10.2 Å². The van der Waals surface area contributed by atoms with E-state index in [1.807, 2.05) is 0 Å². The van der Waals surface area contributed by atoms with E-state index in [9.17, 15) is 0 Å². The molecular formula is C2H6N2O7Pd. The van der Waals surface area contributed by atoms with Crippen LogP contribution in [-0.2, 0) is 20.4 Å². The second-order valence-electron chi connectivity index (χ2n) is 0.763. The predicted octanol–water partition coefficient (Wildman–Crippen LogP) is -0.482. The maximum atomic E-state index is 8.25. The molecule has 9 nitrogen and oxygen atoms in total. The number of aliphatic hydroxyl groups is 1. The molecule has 0 spiro atoms. The van der Waals surface area contributed by atoms with Gasteiger partial charge in [-0.15, -0.1) is 0 Å². The molecule has 12 heavy (non-hydrogen) atoms. The summed E-state index contributed by atoms with van der Waals surface area (Å²) in [5.41, 5.74) is 0. The van der Waals surface area contributed by atoms with Crippen LogP contribution in [0, 0.1) is 30.6 Å². The Morgan fingerprint density at radius 1 is 1.08 bits per heavy atom. The molecule has 76 valence electrons. The van der Waals surface area contributed by atoms with Crippen molar-refractivity contribution < 1.29 is 35.7 Å². The van der Waals surface area contributed by atoms with Crippen molar-refractivity contribution in [3.8, 4) is 0 Å². The Hall–Kier alpha value is -0.978. The van der Waals surface area contributed by atoms with Crippen molar-refractivity contribution in [3.05, 3.63) is 30.6 Å². The Morgan fingerprint density at radius 2 is 1.08 bits per heavy atom. The molecule has 0 bridgehead atoms. The van der Waals surface area contributed by atoms with Crippen LogP contribution in [0.25, 0.3) is 0 Å². The first kappa shape index (κ1) is 22.5. The van der Waals surface area contributed by atoms with E-state index in [2.05, 4.69) is 0 Å². The SMILES string of the molecule is CCO.O=[N+]([O-])[O-].O=[N+]([O-])[O-].[Pd+2]. The van der Waals surface area contributed by atoms with Gasteiger partial charge in [-0.3, -0.25) is 0 Å². The molecule has 0 unspecified atom stereocenters. The van der Waals surface area contributed by atoms with E-state index >= 15 is 0 Å². The quantitative estimate of drug-likeness (QED) is 0.356. The maximum Gasteiger partial charge on any atom is 2.00 e. The molecule has 0 aliphatic rings. The Bertz CT molecular complexity index is 87.6. The monoisotopic (exact) mass is 276 g/mol. The van der Waals surface area contributed by atoms with Crippen LogP contribution in [0.2, 0.25) is 0 Å². The Morgan fingerprint density at radius 3 is 1.08 bits per heavy atom. The molecular weight excluding hydrogens is 270 g/mol. The molecule has 0 saturated heterocycles. The van der Waals surface area contributed by atoms with Crippen LogP contribution >= 0.6 is 0 Å². The third-order valence-electron chi connectivity index (χ3n) is 0. The molecule has 1 N–H and O–H groups in total. The summed E-state index contributed by atoms with van der Waals surface area (Å²) in [4.78, 5) is 16.5. The van der Waals surface area contributed by atoms with Crippen molar-refractivity contribution in [2.75, 3.05) is 6.61 Å². The first-order valence-electron chi connectivity index (χ1n) is 2.12. The van der Waals surface area contributed by atoms with Gasteiger partial charge in [-0.05, 0) is 6.92 Å². The molecule has 0 aromatic rings. The number of rotatable bonds is 0. The molecule has 0 amide bonds. The molecule has 0 radical (unpaired) electrons. The summed E-state index contributed by atoms with van der Waals surface area (Å²) in [5, 5.41) is 37.1. The third kappa shape index (κ3) is 607. The molecule has 0 rings (SSSR count). The minimum atomic E-state index is -1.75. The van der Waals surface area contributed by atoms with Gasteiger partial charge in [0.1, 0.15) is 0 Å². The zero-order chi connectivity index (χ0) is 9.86. The van der Waals surface area contributed by atoms with Crippen LogP contribution in [0.4, 0.5) is 0 Å². The number of hydrogen-bond donors (Lipinski definition) is 1. The summed E-state index contributed by atoms with van der Waals surface area (Å²) in [7, 11) is 0. The van der Waals surface area contributed by atoms with Gasteiger partial charge in [-0.2, -0.15) is 0 Å². The second kappa shape index (κ2) is 22.5. The van der Waals surface area contributed by atoms with Crippen molar-refractivity contribution in [3.63, 3.8) is 0 Å². The van der Waals surface area contributed by atoms with E-state index in [0.717, 1.165) is 0 Å². The largest absolute Gasteiger partial charge is 2.00 e. The summed E-state index contributed by atoms with van der Waals surface area (Å²) in [6.07, 6.45) is 0. The zero-order valence-electron chi connectivity index (χ0n) is 5.81. The van der Waals surface area contributed by atoms with Gasteiger partial charge in [-0.1, -0.05) is 0 Å². The van der Waals surface area contributed by atoms with Gasteiger partial charge in [0.25, 0.3) is 0 Å². The summed E-state index contributed by atoms with van der Waals surface area (Å²) in [6.45, 7) is 1.93. The minimum absolute atomic E-state index is 0. The number of nitrogens with zero attached hydrogens (tertiary/aromatic N) is 2. The van der Waals surface area contributed by atoms with Gasteiger partial charge in [-0.25, -0.2) is 0 Å². The van der Waals surface area contributed by atoms with Gasteiger partial charge >= 0.3 is 20.4 Å². The molecule has 0 heterocycles. The van der Waals surface area contributed by atoms with Gasteiger partial charge < -0.3 is 35.7 Å². The van der Waals surface area contributed by atoms with Crippen LogP contribution in [-0.4, -0.2) is 21.9 Å². The van der Waals surface area contributed by atoms with Crippen LogP contribution in [0.3, 0.4) is 0 Å². The van der Waals surface area contributed by atoms with E-state index in [0.29, 0.717) is 0 Å². The van der Waals surface area contributed by atoms with Crippen LogP contribution < -0.4 is 0 Å². The fraction of sp³-hybridized carbons (Fsp3) is 1.00. The van der Waals surface area contributed by atoms with Crippen LogP contribution in [0.15, 0.2) is 0 Å². The second-order valence-corrected chi connectivity index (χ2v) is 0.763. The standard InChI is InChI=1S/C2H6O.2NO3.Pd/c1-2-3;2*2-1(3)4;/h3H,2H2,1H3;;;/q;2*-1;+2. The van der Waals surface area contributed by atoms with Crippen molar-refractivity contribution in [2.24, 2.45) is 0 Å². The van der Waals surface area contributed by atoms with E-state index in [-0.39, 0.29) is 27.0 Å². The van der Waals surface area contributed by atoms with Crippen molar-refractivity contribution in [1.29, 1.82) is 0 Å². The summed E-state index contributed by atoms with van der Waals surface area (Å²) in [6, 6.07) is 0. The van der Waals surface area contributed by atoms with Crippen LogP contribution in [0.1, 0.15) is 6.92 Å². The summed E-state index contributed by atoms with van der Waals surface area (Å²) in [5.74, 6) is 0. The Balaban J connectivity index is -0.0000000389. The molecule has 10 heteroatoms. The average Bonchev–Trinajstić information content (AvgIpc) is 1.60. The predicted molar refractivity (Wildman–Crippen MR) is 33.5 cm³/mol. The van der Waals surface area contributed by atoms with Gasteiger partial charge in [0.2, 0.25) is 0 Å². The fourth-order valence-electron chi connectivity index (χ4n) is 0. The smallest absolute Gasteiger partial charge is 0.397 e. The van der Waals surface area contributed by atoms with Crippen molar-refractivity contribution in [1.82, 2.24) is 0 Å². The molecule has 0 saturated carbocycles. The molecule has 0 aromatic carbocycles. The van der Waals surface area contributed by atoms with Crippen molar-refractivity contribution >= 4 is 0 Å². The van der Waals surface area contributed by atoms with Crippen molar-refractivity contribution in [2.45, 2.75) is 6.92 Å². The molecule has 0 atom stereocenters. The van der Waals surface area contributed by atoms with Gasteiger partial charge in [0.15, 0.2) is 0 Å². The third-order valence-corrected chi connectivity index (χ3v) is 0. The van der Waals surface area contributed by atoms with E-state index in [1.165, 1.54) is 0 Å². The average molecular weight is 276 g/mol. The summed E-state index contributed by atoms with van der Waals surface area (Å²) >= 11 is 0. The topological polar surface area (TPSA) is 153 Å². The summed E-state index contributed by atoms with van der Waals surface area (Å²) < 4.78 is 0. The minimum Gasteiger partial charge on any atom is -0.397 e. The van der Waals surface area contributed by atoms with Gasteiger partial charge in [0.05, 0.1) is 10.2 Å². The van der Waals surface area contributed by atoms with Crippen LogP contribution in [0.5, 0.6) is 0 Å². The zero-order valence-corrected chi connectivity index (χ0v) is 7.37. The molecule has 0 aliphatic carbocycles. The van der Waals surface area contributed by atoms with E-state index in [4.69, 9.17) is 35.7 Å². The number of hydrogen-bond acceptors (Lipinski definition) is 7. The number of aliphatic hydroxyl groups excluding tert-OH is 1. The molecule has 0 fully saturated rings. The maximum absolute atomic E-state index is 8.25. The Kier molecular flexibility index (Phi) is 42.1. The normalized spacial score (nSPS) is 5.50.